The fourth-order valence-electron chi connectivity index (χ4n) is 2.91. The van der Waals surface area contributed by atoms with Crippen molar-refractivity contribution in [2.75, 3.05) is 23.8 Å². The van der Waals surface area contributed by atoms with Crippen molar-refractivity contribution >= 4 is 62.2 Å². The number of amides is 1. The molecule has 0 bridgehead atoms. The van der Waals surface area contributed by atoms with Gasteiger partial charge < -0.3 is 4.90 Å². The Morgan fingerprint density at radius 3 is 2.54 bits per heavy atom. The molecule has 1 saturated heterocycles. The molecular weight excluding hydrogens is 458 g/mol. The average molecular weight is 478 g/mol. The number of thioether (sulfide) groups is 2. The molecule has 1 aromatic carbocycles. The molecule has 2 heterocycles. The highest BCUT2D eigenvalue weighted by atomic mass is 35.5. The van der Waals surface area contributed by atoms with E-state index in [1.54, 1.807) is 16.7 Å². The molecule has 11 heteroatoms. The van der Waals surface area contributed by atoms with E-state index in [0.29, 0.717) is 18.0 Å². The first-order valence-corrected chi connectivity index (χ1v) is 13.7. The zero-order chi connectivity index (χ0) is 20.1. The largest absolute Gasteiger partial charge is 0.338 e. The predicted octanol–water partition coefficient (Wildman–Crippen LogP) is 3.61. The number of benzene rings is 1. The van der Waals surface area contributed by atoms with E-state index in [2.05, 4.69) is 10.2 Å². The first kappa shape index (κ1) is 21.9. The van der Waals surface area contributed by atoms with Gasteiger partial charge in [-0.05, 0) is 31.0 Å². The van der Waals surface area contributed by atoms with E-state index in [1.165, 1.54) is 23.1 Å². The third-order valence-corrected chi connectivity index (χ3v) is 9.54. The van der Waals surface area contributed by atoms with Crippen molar-refractivity contribution < 1.29 is 13.2 Å². The van der Waals surface area contributed by atoms with Crippen molar-refractivity contribution in [3.63, 3.8) is 0 Å². The van der Waals surface area contributed by atoms with E-state index >= 15 is 0 Å². The monoisotopic (exact) mass is 477 g/mol. The maximum atomic E-state index is 12.5. The van der Waals surface area contributed by atoms with Gasteiger partial charge in [0.25, 0.3) is 0 Å². The normalized spacial score (nSPS) is 18.3. The van der Waals surface area contributed by atoms with Crippen molar-refractivity contribution in [3.05, 3.63) is 34.9 Å². The summed E-state index contributed by atoms with van der Waals surface area (Å²) in [6, 6.07) is 7.47. The van der Waals surface area contributed by atoms with Crippen LogP contribution in [0.3, 0.4) is 0 Å². The highest BCUT2D eigenvalue weighted by Crippen LogP contribution is 2.31. The van der Waals surface area contributed by atoms with E-state index < -0.39 is 9.84 Å². The summed E-state index contributed by atoms with van der Waals surface area (Å²) in [6.45, 7) is 2.39. The summed E-state index contributed by atoms with van der Waals surface area (Å²) in [6.07, 6.45) is 0.525. The molecular formula is C17H20ClN3O3S4. The van der Waals surface area contributed by atoms with Gasteiger partial charge in [-0.2, -0.15) is 0 Å². The van der Waals surface area contributed by atoms with Crippen LogP contribution >= 0.6 is 46.5 Å². The SMILES string of the molecule is CCN(C(=O)CSc1nnc(SCc2ccc(Cl)cc2)s1)C1CCS(=O)(=O)C1. The summed E-state index contributed by atoms with van der Waals surface area (Å²) in [7, 11) is -3.01. The Labute approximate surface area is 182 Å². The van der Waals surface area contributed by atoms with Gasteiger partial charge in [-0.1, -0.05) is 58.6 Å². The zero-order valence-corrected chi connectivity index (χ0v) is 19.2. The number of carbonyl (C=O) groups is 1. The predicted molar refractivity (Wildman–Crippen MR) is 116 cm³/mol. The topological polar surface area (TPSA) is 80.2 Å². The summed E-state index contributed by atoms with van der Waals surface area (Å²) in [4.78, 5) is 14.2. The van der Waals surface area contributed by atoms with Crippen LogP contribution in [0.5, 0.6) is 0 Å². The first-order chi connectivity index (χ1) is 13.4. The van der Waals surface area contributed by atoms with Crippen molar-refractivity contribution in [3.8, 4) is 0 Å². The number of hydrogen-bond donors (Lipinski definition) is 0. The number of sulfone groups is 1. The first-order valence-electron chi connectivity index (χ1n) is 8.69. The minimum atomic E-state index is -3.01. The Balaban J connectivity index is 1.49. The van der Waals surface area contributed by atoms with Crippen molar-refractivity contribution in [2.45, 2.75) is 33.8 Å². The minimum Gasteiger partial charge on any atom is -0.338 e. The number of rotatable bonds is 8. The van der Waals surface area contributed by atoms with Crippen LogP contribution in [0.15, 0.2) is 32.9 Å². The zero-order valence-electron chi connectivity index (χ0n) is 15.2. The number of halogens is 1. The molecule has 0 aliphatic carbocycles. The van der Waals surface area contributed by atoms with Gasteiger partial charge in [-0.15, -0.1) is 10.2 Å². The molecule has 1 aliphatic rings. The van der Waals surface area contributed by atoms with Crippen LogP contribution in [0.4, 0.5) is 0 Å². The second kappa shape index (κ2) is 9.80. The number of nitrogens with zero attached hydrogens (tertiary/aromatic N) is 3. The van der Waals surface area contributed by atoms with Crippen LogP contribution < -0.4 is 0 Å². The molecule has 2 aromatic rings. The van der Waals surface area contributed by atoms with E-state index in [4.69, 9.17) is 11.6 Å². The molecule has 0 N–H and O–H groups in total. The van der Waals surface area contributed by atoms with Gasteiger partial charge in [-0.3, -0.25) is 4.79 Å². The Bertz CT molecular complexity index is 918. The standard InChI is InChI=1S/C17H20ClN3O3S4/c1-2-21(14-7-8-28(23,24)11-14)15(22)10-26-17-20-19-16(27-17)25-9-12-3-5-13(18)6-4-12/h3-6,14H,2,7-11H2,1H3. The second-order valence-electron chi connectivity index (χ2n) is 6.27. The molecule has 152 valence electrons. The van der Waals surface area contributed by atoms with E-state index in [0.717, 1.165) is 20.0 Å². The molecule has 28 heavy (non-hydrogen) atoms. The summed E-state index contributed by atoms with van der Waals surface area (Å²) < 4.78 is 24.9. The van der Waals surface area contributed by atoms with Crippen molar-refractivity contribution in [1.82, 2.24) is 15.1 Å². The van der Waals surface area contributed by atoms with Crippen molar-refractivity contribution in [2.24, 2.45) is 0 Å². The van der Waals surface area contributed by atoms with Gasteiger partial charge in [0.1, 0.15) is 0 Å². The summed E-state index contributed by atoms with van der Waals surface area (Å²) in [5.74, 6) is 1.19. The molecule has 0 spiro atoms. The Kier molecular flexibility index (Phi) is 7.66. The Morgan fingerprint density at radius 2 is 1.93 bits per heavy atom. The lowest BCUT2D eigenvalue weighted by molar-refractivity contribution is -0.129. The summed E-state index contributed by atoms with van der Waals surface area (Å²) in [5, 5.41) is 9.02. The molecule has 1 fully saturated rings. The third-order valence-electron chi connectivity index (χ3n) is 4.29. The molecule has 0 radical (unpaired) electrons. The fraction of sp³-hybridized carbons (Fsp3) is 0.471. The Hall–Kier alpha value is -0.810. The maximum Gasteiger partial charge on any atom is 0.233 e. The van der Waals surface area contributed by atoms with E-state index in [-0.39, 0.29) is 29.2 Å². The van der Waals surface area contributed by atoms with Crippen LogP contribution in [0.2, 0.25) is 5.02 Å². The molecule has 1 amide bonds. The molecule has 0 saturated carbocycles. The van der Waals surface area contributed by atoms with E-state index in [9.17, 15) is 13.2 Å². The molecule has 1 aromatic heterocycles. The number of aromatic nitrogens is 2. The fourth-order valence-corrected chi connectivity index (χ4v) is 7.62. The molecule has 6 nitrogen and oxygen atoms in total. The lowest BCUT2D eigenvalue weighted by Gasteiger charge is -2.26. The van der Waals surface area contributed by atoms with E-state index in [1.807, 2.05) is 31.2 Å². The lowest BCUT2D eigenvalue weighted by atomic mass is 10.2. The van der Waals surface area contributed by atoms with Gasteiger partial charge in [0.05, 0.1) is 17.3 Å². The summed E-state index contributed by atoms with van der Waals surface area (Å²) in [5.41, 5.74) is 1.15. The summed E-state index contributed by atoms with van der Waals surface area (Å²) >= 11 is 10.3. The highest BCUT2D eigenvalue weighted by molar-refractivity contribution is 8.03. The van der Waals surface area contributed by atoms with Crippen molar-refractivity contribution in [1.29, 1.82) is 0 Å². The highest BCUT2D eigenvalue weighted by Gasteiger charge is 2.33. The smallest absolute Gasteiger partial charge is 0.233 e. The van der Waals surface area contributed by atoms with Crippen LogP contribution in [-0.4, -0.2) is 59.3 Å². The average Bonchev–Trinajstić information content (AvgIpc) is 3.26. The van der Waals surface area contributed by atoms with Crippen LogP contribution in [0.1, 0.15) is 18.9 Å². The molecule has 1 aliphatic heterocycles. The van der Waals surface area contributed by atoms with Gasteiger partial charge in [0.15, 0.2) is 18.5 Å². The maximum absolute atomic E-state index is 12.5. The van der Waals surface area contributed by atoms with Gasteiger partial charge in [-0.25, -0.2) is 8.42 Å². The third kappa shape index (κ3) is 6.09. The van der Waals surface area contributed by atoms with Crippen LogP contribution in [0.25, 0.3) is 0 Å². The molecule has 1 unspecified atom stereocenters. The minimum absolute atomic E-state index is 0.0554. The molecule has 1 atom stereocenters. The second-order valence-corrected chi connectivity index (χ2v) is 12.4. The van der Waals surface area contributed by atoms with Gasteiger partial charge >= 0.3 is 0 Å². The van der Waals surface area contributed by atoms with Crippen LogP contribution in [-0.2, 0) is 20.4 Å². The van der Waals surface area contributed by atoms with Gasteiger partial charge in [0, 0.05) is 23.4 Å². The number of hydrogen-bond acceptors (Lipinski definition) is 8. The van der Waals surface area contributed by atoms with Gasteiger partial charge in [0.2, 0.25) is 5.91 Å². The number of carbonyl (C=O) groups excluding carboxylic acids is 1. The molecule has 3 rings (SSSR count). The lowest BCUT2D eigenvalue weighted by Crippen LogP contribution is -2.41. The van der Waals surface area contributed by atoms with Crippen LogP contribution in [0, 0.1) is 0 Å². The quantitative estimate of drug-likeness (QED) is 0.537. The Morgan fingerprint density at radius 1 is 1.25 bits per heavy atom.